The van der Waals surface area contributed by atoms with Gasteiger partial charge in [0.15, 0.2) is 5.82 Å². The van der Waals surface area contributed by atoms with Gasteiger partial charge in [0.1, 0.15) is 5.01 Å². The lowest BCUT2D eigenvalue weighted by Crippen LogP contribution is -2.30. The van der Waals surface area contributed by atoms with Gasteiger partial charge in [0, 0.05) is 22.2 Å². The van der Waals surface area contributed by atoms with Crippen LogP contribution in [-0.4, -0.2) is 9.36 Å². The first-order valence-electron chi connectivity index (χ1n) is 13.2. The summed E-state index contributed by atoms with van der Waals surface area (Å²) < 4.78 is 4.66. The Kier molecular flexibility index (Phi) is 5.64. The van der Waals surface area contributed by atoms with Crippen LogP contribution in [0, 0.1) is 0 Å². The highest BCUT2D eigenvalue weighted by molar-refractivity contribution is 7.09. The Balaban J connectivity index is 1.33. The van der Waals surface area contributed by atoms with Crippen molar-refractivity contribution in [3.05, 3.63) is 139 Å². The van der Waals surface area contributed by atoms with Crippen LogP contribution >= 0.6 is 11.5 Å². The van der Waals surface area contributed by atoms with Crippen molar-refractivity contribution in [1.29, 1.82) is 0 Å². The summed E-state index contributed by atoms with van der Waals surface area (Å²) in [5.74, 6) is 0.776. The van der Waals surface area contributed by atoms with E-state index in [9.17, 15) is 0 Å². The van der Waals surface area contributed by atoms with Crippen LogP contribution in [0.15, 0.2) is 127 Å². The molecule has 0 saturated carbocycles. The average molecular weight is 522 g/mol. The minimum Gasteiger partial charge on any atom is -0.310 e. The molecule has 0 unspecified atom stereocenters. The van der Waals surface area contributed by atoms with Gasteiger partial charge >= 0.3 is 0 Å². The maximum absolute atomic E-state index is 4.90. The number of fused-ring (bicyclic) bond motifs is 2. The number of nitrogens with zero attached hydrogens (tertiary/aromatic N) is 3. The van der Waals surface area contributed by atoms with Gasteiger partial charge in [-0.25, -0.2) is 4.98 Å². The van der Waals surface area contributed by atoms with Crippen molar-refractivity contribution in [3.63, 3.8) is 0 Å². The number of anilines is 3. The molecule has 0 atom stereocenters. The lowest BCUT2D eigenvalue weighted by atomic mass is 9.73. The van der Waals surface area contributed by atoms with E-state index in [-0.39, 0.29) is 5.41 Å². The van der Waals surface area contributed by atoms with E-state index in [0.717, 1.165) is 27.6 Å². The number of rotatable bonds is 4. The first kappa shape index (κ1) is 23.6. The third-order valence-electron chi connectivity index (χ3n) is 7.67. The largest absolute Gasteiger partial charge is 0.310 e. The molecule has 7 rings (SSSR count). The predicted molar refractivity (Wildman–Crippen MR) is 163 cm³/mol. The molecular formula is C35H27N3S. The van der Waals surface area contributed by atoms with Crippen molar-refractivity contribution in [2.45, 2.75) is 19.3 Å². The van der Waals surface area contributed by atoms with E-state index in [4.69, 9.17) is 4.98 Å². The van der Waals surface area contributed by atoms with Gasteiger partial charge in [0.05, 0.1) is 11.4 Å². The molecule has 1 aliphatic heterocycles. The summed E-state index contributed by atoms with van der Waals surface area (Å²) in [6.45, 7) is 4.64. The molecule has 0 saturated heterocycles. The van der Waals surface area contributed by atoms with E-state index >= 15 is 0 Å². The third kappa shape index (κ3) is 4.05. The number of hydrogen-bond donors (Lipinski definition) is 0. The molecule has 0 spiro atoms. The summed E-state index contributed by atoms with van der Waals surface area (Å²) in [5.41, 5.74) is 10.6. The van der Waals surface area contributed by atoms with Crippen molar-refractivity contribution in [3.8, 4) is 33.1 Å². The summed E-state index contributed by atoms with van der Waals surface area (Å²) in [5, 5.41) is 0.935. The van der Waals surface area contributed by atoms with Crippen LogP contribution in [0.1, 0.15) is 25.0 Å². The molecule has 5 aromatic carbocycles. The molecule has 0 aliphatic carbocycles. The Morgan fingerprint density at radius 1 is 0.564 bits per heavy atom. The van der Waals surface area contributed by atoms with Crippen LogP contribution in [0.5, 0.6) is 0 Å². The molecule has 4 heteroatoms. The summed E-state index contributed by atoms with van der Waals surface area (Å²) in [6, 6.07) is 45.1. The van der Waals surface area contributed by atoms with Gasteiger partial charge in [-0.1, -0.05) is 105 Å². The first-order chi connectivity index (χ1) is 19.1. The lowest BCUT2D eigenvalue weighted by molar-refractivity contribution is 0.632. The van der Waals surface area contributed by atoms with Gasteiger partial charge in [0.25, 0.3) is 0 Å². The van der Waals surface area contributed by atoms with E-state index < -0.39 is 0 Å². The predicted octanol–water partition coefficient (Wildman–Crippen LogP) is 9.65. The van der Waals surface area contributed by atoms with Gasteiger partial charge in [-0.3, -0.25) is 0 Å². The zero-order valence-electron chi connectivity index (χ0n) is 21.9. The Bertz CT molecular complexity index is 1770. The van der Waals surface area contributed by atoms with Crippen LogP contribution in [0.4, 0.5) is 17.1 Å². The molecule has 1 aliphatic rings. The van der Waals surface area contributed by atoms with E-state index in [1.54, 1.807) is 0 Å². The normalized spacial score (nSPS) is 13.5. The molecule has 0 radical (unpaired) electrons. The van der Waals surface area contributed by atoms with Gasteiger partial charge in [-0.05, 0) is 70.2 Å². The first-order valence-corrected chi connectivity index (χ1v) is 14.0. The molecule has 188 valence electrons. The zero-order valence-corrected chi connectivity index (χ0v) is 22.7. The fraction of sp³-hybridized carbons (Fsp3) is 0.0857. The van der Waals surface area contributed by atoms with Crippen LogP contribution in [0.25, 0.3) is 33.1 Å². The summed E-state index contributed by atoms with van der Waals surface area (Å²) in [4.78, 5) is 7.29. The summed E-state index contributed by atoms with van der Waals surface area (Å²) >= 11 is 1.46. The molecule has 1 aromatic heterocycles. The van der Waals surface area contributed by atoms with Crippen LogP contribution in [0.2, 0.25) is 0 Å². The Morgan fingerprint density at radius 2 is 1.15 bits per heavy atom. The number of aromatic nitrogens is 2. The van der Waals surface area contributed by atoms with Crippen molar-refractivity contribution >= 4 is 28.6 Å². The molecule has 3 nitrogen and oxygen atoms in total. The van der Waals surface area contributed by atoms with E-state index in [1.807, 2.05) is 18.2 Å². The molecule has 0 N–H and O–H groups in total. The number of benzene rings is 5. The van der Waals surface area contributed by atoms with Gasteiger partial charge in [-0.2, -0.15) is 4.37 Å². The van der Waals surface area contributed by atoms with Crippen molar-refractivity contribution in [2.75, 3.05) is 4.90 Å². The van der Waals surface area contributed by atoms with Crippen molar-refractivity contribution < 1.29 is 0 Å². The number of hydrogen-bond acceptors (Lipinski definition) is 4. The molecule has 6 aromatic rings. The van der Waals surface area contributed by atoms with E-state index in [2.05, 4.69) is 132 Å². The van der Waals surface area contributed by atoms with Gasteiger partial charge in [-0.15, -0.1) is 0 Å². The molecule has 2 heterocycles. The second-order valence-corrected chi connectivity index (χ2v) is 11.2. The smallest absolute Gasteiger partial charge is 0.173 e. The minimum atomic E-state index is -0.171. The molecular weight excluding hydrogens is 494 g/mol. The Labute approximate surface area is 233 Å². The Hall–Kier alpha value is -4.54. The average Bonchev–Trinajstić information content (AvgIpc) is 3.49. The third-order valence-corrected chi connectivity index (χ3v) is 8.43. The fourth-order valence-electron chi connectivity index (χ4n) is 5.59. The lowest BCUT2D eigenvalue weighted by Gasteiger charge is -2.42. The Morgan fingerprint density at radius 3 is 1.90 bits per heavy atom. The molecule has 0 amide bonds. The maximum atomic E-state index is 4.90. The fourth-order valence-corrected chi connectivity index (χ4v) is 6.27. The monoisotopic (exact) mass is 521 g/mol. The number of para-hydroxylation sites is 1. The quantitative estimate of drug-likeness (QED) is 0.231. The molecule has 0 bridgehead atoms. The highest BCUT2D eigenvalue weighted by atomic mass is 32.1. The molecule has 0 fully saturated rings. The second-order valence-electron chi connectivity index (χ2n) is 10.4. The van der Waals surface area contributed by atoms with Gasteiger partial charge < -0.3 is 4.90 Å². The van der Waals surface area contributed by atoms with Crippen LogP contribution < -0.4 is 4.90 Å². The minimum absolute atomic E-state index is 0.171. The highest BCUT2D eigenvalue weighted by Gasteiger charge is 2.37. The van der Waals surface area contributed by atoms with Gasteiger partial charge in [0.2, 0.25) is 0 Å². The van der Waals surface area contributed by atoms with Crippen LogP contribution in [-0.2, 0) is 5.41 Å². The second kappa shape index (κ2) is 9.33. The van der Waals surface area contributed by atoms with E-state index in [0.29, 0.717) is 0 Å². The van der Waals surface area contributed by atoms with E-state index in [1.165, 1.54) is 45.2 Å². The summed E-state index contributed by atoms with van der Waals surface area (Å²) in [7, 11) is 0. The standard InChI is InChI=1S/C35H27N3S/c1-35(2)29-15-9-10-16-31(29)38(28-20-17-25(18-21-28)24-11-5-3-6-12-24)32-22-19-27(23-30(32)35)34-36-33(37-39-34)26-13-7-4-8-14-26/h3-23H,1-2H3. The zero-order chi connectivity index (χ0) is 26.4. The highest BCUT2D eigenvalue weighted by Crippen LogP contribution is 2.52. The topological polar surface area (TPSA) is 29.0 Å². The van der Waals surface area contributed by atoms with Crippen molar-refractivity contribution in [1.82, 2.24) is 9.36 Å². The molecule has 39 heavy (non-hydrogen) atoms. The van der Waals surface area contributed by atoms with Crippen LogP contribution in [0.3, 0.4) is 0 Å². The maximum Gasteiger partial charge on any atom is 0.173 e. The SMILES string of the molecule is CC1(C)c2ccccc2N(c2ccc(-c3ccccc3)cc2)c2ccc(-c3nc(-c4ccccc4)ns3)cc21. The summed E-state index contributed by atoms with van der Waals surface area (Å²) in [6.07, 6.45) is 0. The van der Waals surface area contributed by atoms with Crippen molar-refractivity contribution in [2.24, 2.45) is 0 Å².